The molecule has 0 heterocycles. The van der Waals surface area contributed by atoms with Crippen LogP contribution in [0.2, 0.25) is 0 Å². The number of hydrogen-bond acceptors (Lipinski definition) is 0. The molecule has 0 radical (unpaired) electrons. The number of hydrogen-bond donors (Lipinski definition) is 0. The second kappa shape index (κ2) is 11.5. The third-order valence-electron chi connectivity index (χ3n) is 11.9. The average molecular weight is 695 g/mol. The summed E-state index contributed by atoms with van der Waals surface area (Å²) in [7, 11) is 0. The first-order valence-electron chi connectivity index (χ1n) is 16.6. The Labute approximate surface area is 282 Å². The molecule has 3 heteroatoms. The first-order chi connectivity index (χ1) is 19.2. The summed E-state index contributed by atoms with van der Waals surface area (Å²) in [6.45, 7) is 19.3. The maximum atomic E-state index is 5.23. The van der Waals surface area contributed by atoms with Gasteiger partial charge < -0.3 is 24.8 Å². The maximum absolute atomic E-state index is 5.23. The molecule has 0 aliphatic heterocycles. The van der Waals surface area contributed by atoms with E-state index in [-0.39, 0.29) is 35.6 Å². The van der Waals surface area contributed by atoms with E-state index in [0.29, 0.717) is 11.3 Å². The molecule has 4 bridgehead atoms. The van der Waals surface area contributed by atoms with E-state index in [4.69, 9.17) is 4.21 Å². The molecule has 4 fully saturated rings. The predicted molar refractivity (Wildman–Crippen MR) is 174 cm³/mol. The minimum absolute atomic E-state index is 0. The second-order valence-electron chi connectivity index (χ2n) is 17.2. The molecule has 0 amide bonds. The van der Waals surface area contributed by atoms with Crippen molar-refractivity contribution in [1.82, 2.24) is 0 Å². The Hall–Kier alpha value is -0.747. The van der Waals surface area contributed by atoms with Crippen LogP contribution in [0, 0.1) is 29.1 Å². The molecule has 0 nitrogen and oxygen atoms in total. The van der Waals surface area contributed by atoms with E-state index in [1.54, 1.807) is 48.1 Å². The van der Waals surface area contributed by atoms with E-state index in [1.165, 1.54) is 47.9 Å². The normalized spacial score (nSPS) is 28.5. The predicted octanol–water partition coefficient (Wildman–Crippen LogP) is 3.99. The topological polar surface area (TPSA) is 0 Å². The summed E-state index contributed by atoms with van der Waals surface area (Å²) in [5.41, 5.74) is 13.5. The molecular formula is C40H52Cl2Zr. The first kappa shape index (κ1) is 33.6. The molecule has 0 spiro atoms. The smallest absolute Gasteiger partial charge is 1.00 e. The van der Waals surface area contributed by atoms with Gasteiger partial charge in [-0.05, 0) is 0 Å². The van der Waals surface area contributed by atoms with Crippen molar-refractivity contribution in [3.8, 4) is 11.1 Å². The zero-order valence-electron chi connectivity index (χ0n) is 27.9. The fourth-order valence-electron chi connectivity index (χ4n) is 10.5. The van der Waals surface area contributed by atoms with Crippen molar-refractivity contribution >= 4 is 7.48 Å². The van der Waals surface area contributed by atoms with E-state index < -0.39 is 21.3 Å². The Morgan fingerprint density at radius 3 is 1.98 bits per heavy atom. The van der Waals surface area contributed by atoms with Gasteiger partial charge in [-0.25, -0.2) is 0 Å². The SMILES string of the molecule is [CH2]=[Zr+2]([C]1=C(C)C(CC23CC4CC(CC(C4)C2)C3)=CC1C)[c]1c(C(C)(C)C)ccc2c1Cc1cc(C(C)(C)C)ccc1-2.[Cl-].[Cl-]. The van der Waals surface area contributed by atoms with Gasteiger partial charge in [0.25, 0.3) is 0 Å². The molecule has 8 rings (SSSR count). The molecule has 2 aromatic carbocycles. The zero-order chi connectivity index (χ0) is 29.1. The summed E-state index contributed by atoms with van der Waals surface area (Å²) in [6, 6.07) is 12.3. The summed E-state index contributed by atoms with van der Waals surface area (Å²) >= 11 is -2.40. The fourth-order valence-corrected chi connectivity index (χ4v) is 17.6. The average Bonchev–Trinajstić information content (AvgIpc) is 3.36. The van der Waals surface area contributed by atoms with Gasteiger partial charge in [-0.3, -0.25) is 0 Å². The Morgan fingerprint density at radius 1 is 0.837 bits per heavy atom. The van der Waals surface area contributed by atoms with Gasteiger partial charge in [0.1, 0.15) is 0 Å². The van der Waals surface area contributed by atoms with Crippen molar-refractivity contribution in [1.29, 1.82) is 0 Å². The van der Waals surface area contributed by atoms with Gasteiger partial charge in [0, 0.05) is 0 Å². The molecule has 43 heavy (non-hydrogen) atoms. The molecule has 4 saturated carbocycles. The first-order valence-corrected chi connectivity index (χ1v) is 20.8. The van der Waals surface area contributed by atoms with Crippen LogP contribution in [0.25, 0.3) is 11.1 Å². The zero-order valence-corrected chi connectivity index (χ0v) is 31.9. The number of halogens is 2. The molecule has 2 aromatic rings. The van der Waals surface area contributed by atoms with E-state index in [9.17, 15) is 0 Å². The number of fused-ring (bicyclic) bond motifs is 3. The monoisotopic (exact) mass is 692 g/mol. The van der Waals surface area contributed by atoms with Crippen LogP contribution in [-0.2, 0) is 38.5 Å². The largest absolute Gasteiger partial charge is 1.00 e. The Kier molecular flexibility index (Phi) is 8.99. The standard InChI is InChI=1S/C21H25.C18H25.CH2.2ClH.Zr/c1-20(2,3)16-7-9-18-14(12-16)11-15-13-17(21(4,5)6)8-10-19(15)18;1-12-3-13(2)17(4-12)11-18-8-14-5-15(9-18)7-16(6-14)10-18;;;;/h7-10,12H,11H2,1-6H3;4,12,14-16H,5-11H2,1-2H3;1H2;2*1H;/q;;;;;+2/p-2. The molecule has 1 unspecified atom stereocenters. The van der Waals surface area contributed by atoms with Gasteiger partial charge >= 0.3 is 260 Å². The molecule has 6 aliphatic carbocycles. The van der Waals surface area contributed by atoms with E-state index in [0.717, 1.165) is 24.2 Å². The Morgan fingerprint density at radius 2 is 1.42 bits per heavy atom. The van der Waals surface area contributed by atoms with Gasteiger partial charge in [0.05, 0.1) is 0 Å². The van der Waals surface area contributed by atoms with Gasteiger partial charge in [-0.15, -0.1) is 0 Å². The van der Waals surface area contributed by atoms with Gasteiger partial charge in [-0.1, -0.05) is 0 Å². The number of rotatable bonds is 4. The van der Waals surface area contributed by atoms with Crippen molar-refractivity contribution < 1.29 is 46.1 Å². The Bertz CT molecular complexity index is 1490. The Balaban J connectivity index is 0.00000184. The van der Waals surface area contributed by atoms with Crippen LogP contribution in [0.3, 0.4) is 0 Å². The second-order valence-corrected chi connectivity index (χ2v) is 22.1. The maximum Gasteiger partial charge on any atom is -1.00 e. The van der Waals surface area contributed by atoms with Crippen molar-refractivity contribution in [3.05, 3.63) is 73.1 Å². The third-order valence-corrected chi connectivity index (χ3v) is 18.4. The third kappa shape index (κ3) is 5.74. The van der Waals surface area contributed by atoms with Crippen molar-refractivity contribution in [2.75, 3.05) is 0 Å². The quantitative estimate of drug-likeness (QED) is 0.388. The van der Waals surface area contributed by atoms with E-state index >= 15 is 0 Å². The van der Waals surface area contributed by atoms with Crippen LogP contribution in [0.1, 0.15) is 123 Å². The van der Waals surface area contributed by atoms with Crippen molar-refractivity contribution in [2.24, 2.45) is 29.1 Å². The number of allylic oxidation sites excluding steroid dienone is 4. The van der Waals surface area contributed by atoms with Gasteiger partial charge in [0.2, 0.25) is 0 Å². The molecule has 0 N–H and O–H groups in total. The summed E-state index contributed by atoms with van der Waals surface area (Å²) in [5, 5.41) is 0. The fraction of sp³-hybridized carbons (Fsp3) is 0.575. The number of benzene rings is 2. The van der Waals surface area contributed by atoms with Crippen molar-refractivity contribution in [3.63, 3.8) is 0 Å². The summed E-state index contributed by atoms with van der Waals surface area (Å²) in [5.74, 6) is 3.66. The van der Waals surface area contributed by atoms with E-state index in [1.807, 2.05) is 0 Å². The molecule has 1 atom stereocenters. The van der Waals surface area contributed by atoms with Crippen LogP contribution < -0.4 is 28.1 Å². The summed E-state index contributed by atoms with van der Waals surface area (Å²) in [6.07, 6.45) is 14.3. The van der Waals surface area contributed by atoms with Crippen LogP contribution in [0.15, 0.2) is 50.8 Å². The molecule has 0 aromatic heterocycles. The van der Waals surface area contributed by atoms with E-state index in [2.05, 4.69) is 91.8 Å². The minimum Gasteiger partial charge on any atom is -1.00 e. The molecular weight excluding hydrogens is 643 g/mol. The van der Waals surface area contributed by atoms with Crippen LogP contribution >= 0.6 is 0 Å². The van der Waals surface area contributed by atoms with Crippen LogP contribution in [-0.4, -0.2) is 4.21 Å². The summed E-state index contributed by atoms with van der Waals surface area (Å²) < 4.78 is 8.74. The van der Waals surface area contributed by atoms with Crippen molar-refractivity contribution in [2.45, 2.75) is 118 Å². The molecule has 0 saturated heterocycles. The minimum atomic E-state index is -2.40. The van der Waals surface area contributed by atoms with Crippen LogP contribution in [0.5, 0.6) is 0 Å². The van der Waals surface area contributed by atoms with Crippen LogP contribution in [0.4, 0.5) is 0 Å². The molecule has 230 valence electrons. The summed E-state index contributed by atoms with van der Waals surface area (Å²) in [4.78, 5) is 0. The van der Waals surface area contributed by atoms with Gasteiger partial charge in [0.15, 0.2) is 0 Å². The van der Waals surface area contributed by atoms with Gasteiger partial charge in [-0.2, -0.15) is 0 Å². The molecule has 6 aliphatic rings.